The number of morpholine rings is 2. The molecule has 0 radical (unpaired) electrons. The van der Waals surface area contributed by atoms with Gasteiger partial charge in [0.05, 0.1) is 73.3 Å². The van der Waals surface area contributed by atoms with E-state index >= 15 is 4.79 Å². The number of aliphatic hydroxyl groups is 3. The number of fused-ring (bicyclic) bond motifs is 5. The van der Waals surface area contributed by atoms with Gasteiger partial charge < -0.3 is 69.3 Å². The first kappa shape index (κ1) is 65.5. The van der Waals surface area contributed by atoms with Crippen molar-refractivity contribution in [3.05, 3.63) is 143 Å². The van der Waals surface area contributed by atoms with Crippen molar-refractivity contribution in [2.24, 2.45) is 16.7 Å². The Morgan fingerprint density at radius 1 is 0.802 bits per heavy atom. The molecule has 6 N–H and O–H groups in total. The zero-order valence-electron chi connectivity index (χ0n) is 50.9. The van der Waals surface area contributed by atoms with Crippen molar-refractivity contribution in [3.63, 3.8) is 0 Å². The molecule has 91 heavy (non-hydrogen) atoms. The first-order valence-electron chi connectivity index (χ1n) is 29.8. The SMILES string of the molecule is CC(=O)O[C@H]1C(=O)[C@@]2(C)[C@H]([C@H](OC(=O)c3ccccc3)[C@]3(O)C[C@H](OC(=O)[C@H](O)[C@@H](NC(=O)c4ccccc4)c4ccccc4)C(C)=C1C3(C)C)[C@]1(OC(C)=O)CO[C@@H]1C[C@@H]2O.Nc1cc(C(F)(F)F)c(-c2cc(N3CCOCC3)nc(N3CCOCC3)n2)cn1. The number of halogens is 3. The van der Waals surface area contributed by atoms with Gasteiger partial charge in [-0.25, -0.2) is 19.6 Å². The number of pyridine rings is 1. The number of aromatic nitrogens is 3. The second-order valence-corrected chi connectivity index (χ2v) is 24.1. The number of aliphatic hydroxyl groups excluding tert-OH is 2. The Balaban J connectivity index is 0.000000260. The maximum absolute atomic E-state index is 15.5. The number of nitrogen functional groups attached to an aromatic ring is 1. The molecule has 2 saturated carbocycles. The highest BCUT2D eigenvalue weighted by molar-refractivity contribution is 5.96. The monoisotopic (exact) mass is 1260 g/mol. The van der Waals surface area contributed by atoms with Crippen molar-refractivity contribution in [3.8, 4) is 11.3 Å². The fraction of sp³-hybridized carbons (Fsp3) is 0.462. The van der Waals surface area contributed by atoms with Crippen molar-refractivity contribution in [2.75, 3.05) is 74.7 Å². The summed E-state index contributed by atoms with van der Waals surface area (Å²) in [6.07, 6.45) is -14.0. The summed E-state index contributed by atoms with van der Waals surface area (Å²) < 4.78 is 81.9. The molecule has 11 rings (SSSR count). The van der Waals surface area contributed by atoms with Gasteiger partial charge in [0, 0.05) is 81.7 Å². The van der Waals surface area contributed by atoms with Crippen LogP contribution in [0.2, 0.25) is 0 Å². The van der Waals surface area contributed by atoms with Crippen LogP contribution in [0.4, 0.5) is 30.8 Å². The highest BCUT2D eigenvalue weighted by atomic mass is 19.4. The molecular formula is C65H72F3N7O16. The average molecular weight is 1260 g/mol. The highest BCUT2D eigenvalue weighted by Crippen LogP contribution is 2.64. The van der Waals surface area contributed by atoms with Crippen LogP contribution in [0.1, 0.15) is 92.3 Å². The standard InChI is InChI=1S/C47H51NO14.C18H21F3N6O2/c1-25-31(60-43(56)36(52)35(28-16-10-7-11-17-28)48-41(54)29-18-12-8-13-19-29)23-47(57)40(61-42(55)30-20-14-9-15-21-30)38-45(6,32(51)22-33-46(38,24-58-33)62-27(3)50)39(53)37(59-26(2)49)34(25)44(47,4)5;19-18(20,21)13-9-15(22)23-11-12(13)14-10-16(26-1-5-28-6-2-26)25-17(24-14)27-3-7-29-8-4-27/h7-21,31-33,35-38,40,51-52,57H,22-24H2,1-6H3,(H,48,54);9-11H,1-8H2,(H2,22,23)/t31-,32-,33+,35-,36+,37+,38-,40-,45+,46-,47+;/m0./s1. The van der Waals surface area contributed by atoms with Crippen LogP contribution in [-0.4, -0.2) is 173 Å². The number of hydrogen-bond acceptors (Lipinski definition) is 22. The third-order valence-electron chi connectivity index (χ3n) is 18.3. The fourth-order valence-corrected chi connectivity index (χ4v) is 13.5. The van der Waals surface area contributed by atoms with Crippen LogP contribution < -0.4 is 20.9 Å². The van der Waals surface area contributed by atoms with Crippen LogP contribution in [0.5, 0.6) is 0 Å². The second-order valence-electron chi connectivity index (χ2n) is 24.1. The minimum atomic E-state index is -4.59. The maximum atomic E-state index is 15.5. The molecule has 2 bridgehead atoms. The van der Waals surface area contributed by atoms with Gasteiger partial charge >= 0.3 is 30.1 Å². The van der Waals surface area contributed by atoms with E-state index < -0.39 is 124 Å². The number of carbonyl (C=O) groups excluding carboxylic acids is 6. The van der Waals surface area contributed by atoms with Crippen molar-refractivity contribution in [2.45, 2.75) is 114 Å². The minimum Gasteiger partial charge on any atom is -0.456 e. The largest absolute Gasteiger partial charge is 0.456 e. The quantitative estimate of drug-likeness (QED) is 0.0548. The molecule has 23 nitrogen and oxygen atoms in total. The van der Waals surface area contributed by atoms with Crippen LogP contribution in [0, 0.1) is 16.7 Å². The third kappa shape index (κ3) is 12.7. The van der Waals surface area contributed by atoms with E-state index in [2.05, 4.69) is 20.3 Å². The molecule has 3 saturated heterocycles. The average Bonchev–Trinajstić information content (AvgIpc) is 0.671. The van der Waals surface area contributed by atoms with E-state index in [-0.39, 0.29) is 52.4 Å². The lowest BCUT2D eigenvalue weighted by atomic mass is 9.44. The summed E-state index contributed by atoms with van der Waals surface area (Å²) in [5, 5.41) is 40.2. The highest BCUT2D eigenvalue weighted by Gasteiger charge is 2.78. The number of benzene rings is 3. The van der Waals surface area contributed by atoms with E-state index in [4.69, 9.17) is 38.9 Å². The molecule has 26 heteroatoms. The molecule has 3 aliphatic heterocycles. The number of hydrogen-bond donors (Lipinski definition) is 5. The Hall–Kier alpha value is -8.40. The number of ether oxygens (including phenoxy) is 7. The second kappa shape index (κ2) is 26.1. The molecule has 6 aliphatic rings. The predicted molar refractivity (Wildman–Crippen MR) is 318 cm³/mol. The van der Waals surface area contributed by atoms with Gasteiger partial charge in [0.2, 0.25) is 5.95 Å². The van der Waals surface area contributed by atoms with Gasteiger partial charge in [-0.15, -0.1) is 0 Å². The predicted octanol–water partition coefficient (Wildman–Crippen LogP) is 5.55. The number of esters is 4. The summed E-state index contributed by atoms with van der Waals surface area (Å²) in [5.74, 6) is -6.11. The summed E-state index contributed by atoms with van der Waals surface area (Å²) in [6.45, 7) is 12.4. The number of nitrogens with zero attached hydrogens (tertiary/aromatic N) is 5. The van der Waals surface area contributed by atoms with Gasteiger partial charge in [0.25, 0.3) is 5.91 Å². The van der Waals surface area contributed by atoms with Gasteiger partial charge in [-0.1, -0.05) is 80.6 Å². The number of amides is 1. The molecule has 1 amide bonds. The summed E-state index contributed by atoms with van der Waals surface area (Å²) in [5.41, 5.74) is -2.35. The number of Topliss-reactive ketones (excluding diaryl/α,β-unsaturated/α-hetero) is 1. The molecule has 11 atom stereocenters. The lowest BCUT2D eigenvalue weighted by Gasteiger charge is -2.67. The lowest BCUT2D eigenvalue weighted by Crippen LogP contribution is -2.82. The Kier molecular flexibility index (Phi) is 18.8. The topological polar surface area (TPSA) is 311 Å². The number of carbonyl (C=O) groups is 6. The van der Waals surface area contributed by atoms with Gasteiger partial charge in [-0.3, -0.25) is 19.2 Å². The van der Waals surface area contributed by atoms with Crippen LogP contribution in [-0.2, 0) is 58.5 Å². The minimum absolute atomic E-state index is 0.00289. The van der Waals surface area contributed by atoms with Gasteiger partial charge in [-0.2, -0.15) is 18.2 Å². The van der Waals surface area contributed by atoms with E-state index in [1.165, 1.54) is 26.0 Å². The van der Waals surface area contributed by atoms with Crippen LogP contribution in [0.25, 0.3) is 11.3 Å². The Morgan fingerprint density at radius 3 is 1.97 bits per heavy atom. The van der Waals surface area contributed by atoms with E-state index in [0.29, 0.717) is 69.9 Å². The fourth-order valence-electron chi connectivity index (χ4n) is 13.5. The molecule has 5 aromatic rings. The summed E-state index contributed by atoms with van der Waals surface area (Å²) in [4.78, 5) is 100. The first-order chi connectivity index (χ1) is 43.2. The van der Waals surface area contributed by atoms with Crippen LogP contribution in [0.3, 0.4) is 0 Å². The molecule has 484 valence electrons. The first-order valence-corrected chi connectivity index (χ1v) is 29.8. The third-order valence-corrected chi connectivity index (χ3v) is 18.3. The van der Waals surface area contributed by atoms with Crippen molar-refractivity contribution in [1.29, 1.82) is 0 Å². The Labute approximate surface area is 522 Å². The molecule has 2 aromatic heterocycles. The summed E-state index contributed by atoms with van der Waals surface area (Å²) in [7, 11) is 0. The zero-order chi connectivity index (χ0) is 65.4. The van der Waals surface area contributed by atoms with E-state index in [0.717, 1.165) is 26.1 Å². The molecular weight excluding hydrogens is 1190 g/mol. The van der Waals surface area contributed by atoms with Crippen molar-refractivity contribution in [1.82, 2.24) is 20.3 Å². The molecule has 5 fully saturated rings. The molecule has 3 aliphatic carbocycles. The van der Waals surface area contributed by atoms with Crippen LogP contribution in [0.15, 0.2) is 120 Å². The van der Waals surface area contributed by atoms with Crippen molar-refractivity contribution < 1.29 is 90.4 Å². The smallest absolute Gasteiger partial charge is 0.417 e. The number of rotatable bonds is 13. The number of nitrogens with one attached hydrogen (secondary N) is 1. The Bertz CT molecular complexity index is 3540. The number of ketones is 1. The van der Waals surface area contributed by atoms with Crippen LogP contribution >= 0.6 is 0 Å². The van der Waals surface area contributed by atoms with Gasteiger partial charge in [0.15, 0.2) is 23.6 Å². The van der Waals surface area contributed by atoms with E-state index in [1.54, 1.807) is 98.8 Å². The molecule has 0 spiro atoms. The van der Waals surface area contributed by atoms with Crippen molar-refractivity contribution >= 4 is 53.2 Å². The normalized spacial score (nSPS) is 27.5. The van der Waals surface area contributed by atoms with Gasteiger partial charge in [-0.05, 0) is 60.9 Å². The van der Waals surface area contributed by atoms with Gasteiger partial charge in [0.1, 0.15) is 35.5 Å². The summed E-state index contributed by atoms with van der Waals surface area (Å²) in [6, 6.07) is 25.3. The number of anilines is 3. The number of alkyl halides is 3. The summed E-state index contributed by atoms with van der Waals surface area (Å²) >= 11 is 0. The van der Waals surface area contributed by atoms with E-state index in [9.17, 15) is 52.5 Å². The zero-order valence-corrected chi connectivity index (χ0v) is 50.9. The number of nitrogens with two attached hydrogens (primary N) is 1. The lowest BCUT2D eigenvalue weighted by molar-refractivity contribution is -0.346. The van der Waals surface area contributed by atoms with E-state index in [1.807, 2.05) is 9.80 Å². The molecule has 3 aromatic carbocycles. The molecule has 5 heterocycles. The molecule has 0 unspecified atom stereocenters. The maximum Gasteiger partial charge on any atom is 0.417 e. The Morgan fingerprint density at radius 2 is 1.40 bits per heavy atom.